The van der Waals surface area contributed by atoms with Crippen molar-refractivity contribution in [3.05, 3.63) is 57.7 Å². The number of halogens is 1. The third-order valence-corrected chi connectivity index (χ3v) is 3.49. The average Bonchev–Trinajstić information content (AvgIpc) is 2.37. The van der Waals surface area contributed by atoms with Gasteiger partial charge in [-0.25, -0.2) is 4.98 Å². The largest absolute Gasteiger partial charge is 0.472 e. The summed E-state index contributed by atoms with van der Waals surface area (Å²) in [5.41, 5.74) is 8.01. The molecule has 0 radical (unpaired) electrons. The van der Waals surface area contributed by atoms with E-state index in [-0.39, 0.29) is 5.84 Å². The fourth-order valence-electron chi connectivity index (χ4n) is 1.73. The van der Waals surface area contributed by atoms with Gasteiger partial charge in [-0.1, -0.05) is 34.1 Å². The minimum atomic E-state index is -0.0345. The van der Waals surface area contributed by atoms with E-state index in [2.05, 4.69) is 20.9 Å². The number of nitrogens with zero attached hydrogens (tertiary/aromatic N) is 1. The molecule has 0 aliphatic rings. The van der Waals surface area contributed by atoms with Crippen molar-refractivity contribution in [2.45, 2.75) is 13.5 Å². The van der Waals surface area contributed by atoms with E-state index in [9.17, 15) is 0 Å². The molecule has 0 aliphatic heterocycles. The molecule has 0 fully saturated rings. The highest BCUT2D eigenvalue weighted by molar-refractivity contribution is 9.10. The molecule has 0 spiro atoms. The average molecular weight is 320 g/mol. The Labute approximate surface area is 120 Å². The minimum Gasteiger partial charge on any atom is -0.472 e. The van der Waals surface area contributed by atoms with Crippen LogP contribution in [0, 0.1) is 12.3 Å². The normalized spacial score (nSPS) is 10.2. The van der Waals surface area contributed by atoms with Gasteiger partial charge in [-0.2, -0.15) is 0 Å². The SMILES string of the molecule is Cc1ccnc(OCc2ccccc2Br)c1C(=N)N. The molecule has 0 amide bonds. The van der Waals surface area contributed by atoms with E-state index in [0.29, 0.717) is 18.1 Å². The molecule has 0 atom stereocenters. The molecule has 0 saturated heterocycles. The van der Waals surface area contributed by atoms with Crippen LogP contribution in [0.15, 0.2) is 41.0 Å². The number of nitrogens with two attached hydrogens (primary N) is 1. The molecule has 1 aromatic carbocycles. The van der Waals surface area contributed by atoms with Gasteiger partial charge in [0.2, 0.25) is 5.88 Å². The van der Waals surface area contributed by atoms with Crippen molar-refractivity contribution in [2.24, 2.45) is 5.73 Å². The summed E-state index contributed by atoms with van der Waals surface area (Å²) in [5, 5.41) is 7.59. The number of nitrogens with one attached hydrogen (secondary N) is 1. The van der Waals surface area contributed by atoms with Crippen molar-refractivity contribution in [3.8, 4) is 5.88 Å². The standard InChI is InChI=1S/C14H14BrN3O/c1-9-6-7-18-14(12(9)13(16)17)19-8-10-4-2-3-5-11(10)15/h2-7H,8H2,1H3,(H3,16,17). The summed E-state index contributed by atoms with van der Waals surface area (Å²) in [6.45, 7) is 2.25. The molecule has 0 bridgehead atoms. The van der Waals surface area contributed by atoms with Crippen LogP contribution in [0.5, 0.6) is 5.88 Å². The number of pyridine rings is 1. The highest BCUT2D eigenvalue weighted by Gasteiger charge is 2.11. The van der Waals surface area contributed by atoms with Crippen molar-refractivity contribution in [1.29, 1.82) is 5.41 Å². The summed E-state index contributed by atoms with van der Waals surface area (Å²) in [7, 11) is 0. The van der Waals surface area contributed by atoms with E-state index in [1.165, 1.54) is 0 Å². The number of amidine groups is 1. The Morgan fingerprint density at radius 2 is 2.11 bits per heavy atom. The van der Waals surface area contributed by atoms with Crippen molar-refractivity contribution < 1.29 is 4.74 Å². The van der Waals surface area contributed by atoms with E-state index >= 15 is 0 Å². The zero-order valence-electron chi connectivity index (χ0n) is 10.5. The second-order valence-electron chi connectivity index (χ2n) is 4.10. The number of benzene rings is 1. The Morgan fingerprint density at radius 1 is 1.37 bits per heavy atom. The number of aromatic nitrogens is 1. The molecule has 1 aromatic heterocycles. The molecule has 0 aliphatic carbocycles. The Morgan fingerprint density at radius 3 is 2.79 bits per heavy atom. The number of ether oxygens (including phenoxy) is 1. The third kappa shape index (κ3) is 3.12. The highest BCUT2D eigenvalue weighted by Crippen LogP contribution is 2.22. The zero-order chi connectivity index (χ0) is 13.8. The Bertz CT molecular complexity index is 613. The molecule has 0 unspecified atom stereocenters. The van der Waals surface area contributed by atoms with Crippen LogP contribution in [0.3, 0.4) is 0 Å². The second-order valence-corrected chi connectivity index (χ2v) is 4.96. The van der Waals surface area contributed by atoms with Gasteiger partial charge in [-0.15, -0.1) is 0 Å². The maximum absolute atomic E-state index is 7.59. The molecule has 0 saturated carbocycles. The highest BCUT2D eigenvalue weighted by atomic mass is 79.9. The van der Waals surface area contributed by atoms with Gasteiger partial charge in [0.25, 0.3) is 0 Å². The van der Waals surface area contributed by atoms with Crippen LogP contribution in [0.25, 0.3) is 0 Å². The van der Waals surface area contributed by atoms with Crippen LogP contribution < -0.4 is 10.5 Å². The summed E-state index contributed by atoms with van der Waals surface area (Å²) in [5.74, 6) is 0.357. The first-order valence-electron chi connectivity index (χ1n) is 5.76. The van der Waals surface area contributed by atoms with Gasteiger partial charge in [0.05, 0.1) is 5.56 Å². The monoisotopic (exact) mass is 319 g/mol. The van der Waals surface area contributed by atoms with Crippen molar-refractivity contribution in [1.82, 2.24) is 4.98 Å². The minimum absolute atomic E-state index is 0.0345. The number of aryl methyl sites for hydroxylation is 1. The molecule has 4 nitrogen and oxygen atoms in total. The summed E-state index contributed by atoms with van der Waals surface area (Å²) in [6, 6.07) is 9.61. The number of rotatable bonds is 4. The predicted molar refractivity (Wildman–Crippen MR) is 78.5 cm³/mol. The first kappa shape index (κ1) is 13.5. The molecule has 2 rings (SSSR count). The van der Waals surface area contributed by atoms with Crippen LogP contribution in [-0.4, -0.2) is 10.8 Å². The Hall–Kier alpha value is -1.88. The fraction of sp³-hybridized carbons (Fsp3) is 0.143. The first-order valence-corrected chi connectivity index (χ1v) is 6.55. The first-order chi connectivity index (χ1) is 9.09. The quantitative estimate of drug-likeness (QED) is 0.672. The summed E-state index contributed by atoms with van der Waals surface area (Å²) >= 11 is 3.46. The summed E-state index contributed by atoms with van der Waals surface area (Å²) in [6.07, 6.45) is 1.65. The third-order valence-electron chi connectivity index (χ3n) is 2.72. The number of nitrogen functional groups attached to an aromatic ring is 1. The summed E-state index contributed by atoms with van der Waals surface area (Å²) in [4.78, 5) is 4.15. The van der Waals surface area contributed by atoms with Crippen molar-refractivity contribution in [2.75, 3.05) is 0 Å². The zero-order valence-corrected chi connectivity index (χ0v) is 12.1. The Kier molecular flexibility index (Phi) is 4.16. The van der Waals surface area contributed by atoms with E-state index < -0.39 is 0 Å². The van der Waals surface area contributed by atoms with E-state index in [0.717, 1.165) is 15.6 Å². The lowest BCUT2D eigenvalue weighted by Gasteiger charge is -2.12. The van der Waals surface area contributed by atoms with Crippen LogP contribution in [-0.2, 0) is 6.61 Å². The van der Waals surface area contributed by atoms with Crippen LogP contribution in [0.2, 0.25) is 0 Å². The topological polar surface area (TPSA) is 72.0 Å². The van der Waals surface area contributed by atoms with Gasteiger partial charge >= 0.3 is 0 Å². The van der Waals surface area contributed by atoms with Crippen molar-refractivity contribution >= 4 is 21.8 Å². The second kappa shape index (κ2) is 5.84. The lowest BCUT2D eigenvalue weighted by Crippen LogP contribution is -2.15. The molecule has 19 heavy (non-hydrogen) atoms. The maximum Gasteiger partial charge on any atom is 0.225 e. The molecular formula is C14H14BrN3O. The van der Waals surface area contributed by atoms with Gasteiger partial charge in [-0.3, -0.25) is 5.41 Å². The van der Waals surface area contributed by atoms with Crippen LogP contribution >= 0.6 is 15.9 Å². The van der Waals surface area contributed by atoms with Gasteiger partial charge in [0.15, 0.2) is 0 Å². The molecule has 5 heteroatoms. The molecule has 1 heterocycles. The Balaban J connectivity index is 2.23. The number of hydrogen-bond donors (Lipinski definition) is 2. The van der Waals surface area contributed by atoms with Crippen molar-refractivity contribution in [3.63, 3.8) is 0 Å². The van der Waals surface area contributed by atoms with Gasteiger partial charge in [-0.05, 0) is 24.6 Å². The van der Waals surface area contributed by atoms with Gasteiger partial charge < -0.3 is 10.5 Å². The fourth-order valence-corrected chi connectivity index (χ4v) is 2.13. The van der Waals surface area contributed by atoms with E-state index in [4.69, 9.17) is 15.9 Å². The molecule has 98 valence electrons. The smallest absolute Gasteiger partial charge is 0.225 e. The van der Waals surface area contributed by atoms with E-state index in [1.54, 1.807) is 6.20 Å². The molecule has 3 N–H and O–H groups in total. The maximum atomic E-state index is 7.59. The lowest BCUT2D eigenvalue weighted by molar-refractivity contribution is 0.292. The molecule has 2 aromatic rings. The van der Waals surface area contributed by atoms with Gasteiger partial charge in [0.1, 0.15) is 12.4 Å². The predicted octanol–water partition coefficient (Wildman–Crippen LogP) is 3.02. The summed E-state index contributed by atoms with van der Waals surface area (Å²) < 4.78 is 6.66. The number of hydrogen-bond acceptors (Lipinski definition) is 3. The van der Waals surface area contributed by atoms with E-state index in [1.807, 2.05) is 37.3 Å². The van der Waals surface area contributed by atoms with Gasteiger partial charge in [0, 0.05) is 16.2 Å². The van der Waals surface area contributed by atoms with Crippen LogP contribution in [0.1, 0.15) is 16.7 Å². The van der Waals surface area contributed by atoms with Crippen LogP contribution in [0.4, 0.5) is 0 Å². The molecular weight excluding hydrogens is 306 g/mol. The lowest BCUT2D eigenvalue weighted by atomic mass is 10.1.